The van der Waals surface area contributed by atoms with Crippen LogP contribution in [0.25, 0.3) is 0 Å². The van der Waals surface area contributed by atoms with Crippen LogP contribution >= 0.6 is 12.6 Å². The molecule has 7 rings (SSSR count). The first-order chi connectivity index (χ1) is 30.6. The third kappa shape index (κ3) is 11.0. The molecule has 0 aliphatic carbocycles. The monoisotopic (exact) mass is 878 g/mol. The standard InChI is InChI=1S/C47H42O15S/c48-26-33-35(49)37(59-42(51)29-18-8-2-9-19-29)39(61-44(53)31-22-12-4-13-23-31)46(56-33)55-27-34-36(58-41(50)28-16-6-1-7-17-28)38(60-43(52)30-20-10-3-11-21-30)40(47(63)57-34)62-45(54)32-24-14-5-15-25-32/h1-25,33-40,46-49,63H,26-27H2. The summed E-state index contributed by atoms with van der Waals surface area (Å²) in [6.45, 7) is -1.40. The first kappa shape index (κ1) is 44.6. The molecule has 0 amide bonds. The van der Waals surface area contributed by atoms with Crippen molar-refractivity contribution in [2.45, 2.75) is 60.6 Å². The molecule has 63 heavy (non-hydrogen) atoms. The number of ether oxygens (including phenoxy) is 8. The topological polar surface area (TPSA) is 200 Å². The second-order valence-electron chi connectivity index (χ2n) is 14.3. The van der Waals surface area contributed by atoms with Gasteiger partial charge in [0.05, 0.1) is 41.0 Å². The highest BCUT2D eigenvalue weighted by Crippen LogP contribution is 2.34. The molecule has 10 unspecified atom stereocenters. The van der Waals surface area contributed by atoms with Crippen LogP contribution in [0, 0.1) is 0 Å². The highest BCUT2D eigenvalue weighted by Gasteiger charge is 2.54. The zero-order valence-corrected chi connectivity index (χ0v) is 34.2. The molecule has 0 aromatic heterocycles. The van der Waals surface area contributed by atoms with Crippen molar-refractivity contribution in [1.82, 2.24) is 0 Å². The number of carbonyl (C=O) groups excluding carboxylic acids is 5. The average molecular weight is 879 g/mol. The number of aliphatic hydroxyl groups excluding tert-OH is 2. The average Bonchev–Trinajstić information content (AvgIpc) is 3.33. The normalized spacial score (nSPS) is 25.4. The quantitative estimate of drug-likeness (QED) is 0.0776. The van der Waals surface area contributed by atoms with Gasteiger partial charge in [-0.2, -0.15) is 0 Å². The Labute approximate surface area is 366 Å². The molecule has 0 saturated carbocycles. The van der Waals surface area contributed by atoms with Crippen molar-refractivity contribution in [3.8, 4) is 0 Å². The first-order valence-corrected chi connectivity index (χ1v) is 20.3. The summed E-state index contributed by atoms with van der Waals surface area (Å²) in [6.07, 6.45) is -14.3. The van der Waals surface area contributed by atoms with Gasteiger partial charge in [-0.3, -0.25) is 0 Å². The number of thiol groups is 1. The molecule has 10 atom stereocenters. The third-order valence-electron chi connectivity index (χ3n) is 10.1. The van der Waals surface area contributed by atoms with Crippen molar-refractivity contribution in [2.24, 2.45) is 0 Å². The fourth-order valence-electron chi connectivity index (χ4n) is 6.89. The van der Waals surface area contributed by atoms with Crippen molar-refractivity contribution in [2.75, 3.05) is 13.2 Å². The summed E-state index contributed by atoms with van der Waals surface area (Å²) in [4.78, 5) is 68.1. The Balaban J connectivity index is 1.23. The van der Waals surface area contributed by atoms with E-state index in [1.165, 1.54) is 60.7 Å². The van der Waals surface area contributed by atoms with Crippen LogP contribution in [-0.2, 0) is 37.9 Å². The predicted molar refractivity (Wildman–Crippen MR) is 224 cm³/mol. The minimum Gasteiger partial charge on any atom is -0.452 e. The third-order valence-corrected chi connectivity index (χ3v) is 10.5. The van der Waals surface area contributed by atoms with Crippen LogP contribution in [0.15, 0.2) is 152 Å². The van der Waals surface area contributed by atoms with E-state index in [2.05, 4.69) is 12.6 Å². The highest BCUT2D eigenvalue weighted by atomic mass is 32.1. The summed E-state index contributed by atoms with van der Waals surface area (Å²) < 4.78 is 48.1. The zero-order valence-electron chi connectivity index (χ0n) is 33.3. The Morgan fingerprint density at radius 1 is 0.444 bits per heavy atom. The Hall–Kier alpha value is -6.40. The van der Waals surface area contributed by atoms with Gasteiger partial charge in [-0.05, 0) is 60.7 Å². The van der Waals surface area contributed by atoms with Gasteiger partial charge in [-0.25, -0.2) is 24.0 Å². The van der Waals surface area contributed by atoms with Crippen LogP contribution in [0.5, 0.6) is 0 Å². The first-order valence-electron chi connectivity index (χ1n) is 19.8. The molecule has 16 heteroatoms. The molecule has 2 saturated heterocycles. The zero-order chi connectivity index (χ0) is 44.3. The predicted octanol–water partition coefficient (Wildman–Crippen LogP) is 4.86. The van der Waals surface area contributed by atoms with Gasteiger partial charge in [-0.1, -0.05) is 91.0 Å². The van der Waals surface area contributed by atoms with E-state index in [-0.39, 0.29) is 27.8 Å². The van der Waals surface area contributed by atoms with Crippen molar-refractivity contribution >= 4 is 42.5 Å². The lowest BCUT2D eigenvalue weighted by Crippen LogP contribution is -2.63. The van der Waals surface area contributed by atoms with E-state index in [4.69, 9.17) is 37.9 Å². The lowest BCUT2D eigenvalue weighted by atomic mass is 9.97. The lowest BCUT2D eigenvalue weighted by Gasteiger charge is -2.45. The van der Waals surface area contributed by atoms with Gasteiger partial charge in [-0.15, -0.1) is 12.6 Å². The largest absolute Gasteiger partial charge is 0.452 e. The maximum absolute atomic E-state index is 13.8. The van der Waals surface area contributed by atoms with Gasteiger partial charge in [0, 0.05) is 0 Å². The van der Waals surface area contributed by atoms with Gasteiger partial charge in [0.1, 0.15) is 23.7 Å². The maximum atomic E-state index is 13.8. The second kappa shape index (κ2) is 21.1. The molecule has 2 aliphatic rings. The van der Waals surface area contributed by atoms with Crippen LogP contribution in [0.3, 0.4) is 0 Å². The summed E-state index contributed by atoms with van der Waals surface area (Å²) in [6, 6.07) is 39.5. The number of benzene rings is 5. The Morgan fingerprint density at radius 2 is 0.778 bits per heavy atom. The molecule has 0 bridgehead atoms. The fourth-order valence-corrected chi connectivity index (χ4v) is 7.27. The van der Waals surface area contributed by atoms with Crippen molar-refractivity contribution in [3.63, 3.8) is 0 Å². The minimum absolute atomic E-state index is 0.101. The number of rotatable bonds is 14. The Bertz CT molecular complexity index is 2300. The van der Waals surface area contributed by atoms with Gasteiger partial charge < -0.3 is 48.1 Å². The summed E-state index contributed by atoms with van der Waals surface area (Å²) in [5.74, 6) is -4.35. The molecule has 2 heterocycles. The number of aliphatic hydroxyl groups is 2. The molecular weight excluding hydrogens is 837 g/mol. The Morgan fingerprint density at radius 3 is 1.16 bits per heavy atom. The smallest absolute Gasteiger partial charge is 0.338 e. The molecule has 2 aliphatic heterocycles. The fraction of sp³-hybridized carbons (Fsp3) is 0.255. The number of carbonyl (C=O) groups is 5. The van der Waals surface area contributed by atoms with Crippen LogP contribution < -0.4 is 0 Å². The van der Waals surface area contributed by atoms with Crippen molar-refractivity contribution < 1.29 is 72.1 Å². The maximum Gasteiger partial charge on any atom is 0.338 e. The SMILES string of the molecule is O=C(OC1C(S)OC(COC2OC(CO)C(O)C(OC(=O)c3ccccc3)C2OC(=O)c2ccccc2)C(OC(=O)c2ccccc2)C1OC(=O)c1ccccc1)c1ccccc1. The molecule has 0 radical (unpaired) electrons. The molecule has 2 N–H and O–H groups in total. The summed E-state index contributed by atoms with van der Waals surface area (Å²) >= 11 is 4.61. The summed E-state index contributed by atoms with van der Waals surface area (Å²) in [5.41, 5.74) is -0.747. The molecule has 2 fully saturated rings. The van der Waals surface area contributed by atoms with Crippen molar-refractivity contribution in [3.05, 3.63) is 179 Å². The van der Waals surface area contributed by atoms with Crippen LogP contribution in [-0.4, -0.2) is 114 Å². The van der Waals surface area contributed by atoms with Crippen LogP contribution in [0.1, 0.15) is 51.8 Å². The molecule has 0 spiro atoms. The van der Waals surface area contributed by atoms with E-state index >= 15 is 0 Å². The highest BCUT2D eigenvalue weighted by molar-refractivity contribution is 7.80. The Kier molecular flexibility index (Phi) is 15.0. The van der Waals surface area contributed by atoms with Crippen LogP contribution in [0.4, 0.5) is 0 Å². The van der Waals surface area contributed by atoms with Crippen molar-refractivity contribution in [1.29, 1.82) is 0 Å². The molecule has 326 valence electrons. The van der Waals surface area contributed by atoms with Gasteiger partial charge >= 0.3 is 29.8 Å². The second-order valence-corrected chi connectivity index (χ2v) is 14.8. The van der Waals surface area contributed by atoms with E-state index in [1.54, 1.807) is 91.0 Å². The van der Waals surface area contributed by atoms with E-state index < -0.39 is 104 Å². The molecular formula is C47H42O15S. The number of hydrogen-bond donors (Lipinski definition) is 3. The molecule has 5 aromatic carbocycles. The minimum atomic E-state index is -1.73. The van der Waals surface area contributed by atoms with E-state index in [1.807, 2.05) is 0 Å². The lowest BCUT2D eigenvalue weighted by molar-refractivity contribution is -0.309. The van der Waals surface area contributed by atoms with Gasteiger partial charge in [0.15, 0.2) is 36.8 Å². The molecule has 15 nitrogen and oxygen atoms in total. The number of esters is 5. The van der Waals surface area contributed by atoms with Gasteiger partial charge in [0.2, 0.25) is 0 Å². The summed E-state index contributed by atoms with van der Waals surface area (Å²) in [5, 5.41) is 21.7. The molecule has 5 aromatic rings. The van der Waals surface area contributed by atoms with E-state index in [0.717, 1.165) is 0 Å². The van der Waals surface area contributed by atoms with E-state index in [9.17, 15) is 34.2 Å². The van der Waals surface area contributed by atoms with Crippen LogP contribution in [0.2, 0.25) is 0 Å². The summed E-state index contributed by atoms with van der Waals surface area (Å²) in [7, 11) is 0. The van der Waals surface area contributed by atoms with E-state index in [0.29, 0.717) is 0 Å². The van der Waals surface area contributed by atoms with Gasteiger partial charge in [0.25, 0.3) is 0 Å². The number of hydrogen-bond acceptors (Lipinski definition) is 16.